The van der Waals surface area contributed by atoms with Crippen molar-refractivity contribution in [3.8, 4) is 0 Å². The van der Waals surface area contributed by atoms with Crippen LogP contribution in [0.3, 0.4) is 0 Å². The maximum Gasteiger partial charge on any atom is 0.227 e. The van der Waals surface area contributed by atoms with Crippen LogP contribution >= 0.6 is 0 Å². The van der Waals surface area contributed by atoms with E-state index in [1.54, 1.807) is 13.2 Å². The number of aromatic nitrogens is 1. The number of fused-ring (bicyclic) bond motifs is 1. The number of carbonyl (C=O) groups excluding carboxylic acids is 1. The van der Waals surface area contributed by atoms with Gasteiger partial charge in [0.05, 0.1) is 16.6 Å². The second-order valence-corrected chi connectivity index (χ2v) is 5.42. The molecule has 0 bridgehead atoms. The maximum absolute atomic E-state index is 11.8. The van der Waals surface area contributed by atoms with Gasteiger partial charge >= 0.3 is 0 Å². The molecule has 0 saturated carbocycles. The number of rotatable bonds is 4. The minimum atomic E-state index is -0.495. The number of nitrogens with one attached hydrogen (secondary N) is 2. The van der Waals surface area contributed by atoms with Gasteiger partial charge in [0.2, 0.25) is 5.91 Å². The zero-order valence-corrected chi connectivity index (χ0v) is 12.0. The lowest BCUT2D eigenvalue weighted by Crippen LogP contribution is -2.39. The fraction of sp³-hybridized carbons (Fsp3) is 0.333. The zero-order valence-electron chi connectivity index (χ0n) is 12.0. The highest BCUT2D eigenvalue weighted by Gasteiger charge is 2.26. The molecule has 0 unspecified atom stereocenters. The second kappa shape index (κ2) is 5.36. The van der Waals surface area contributed by atoms with Gasteiger partial charge < -0.3 is 16.4 Å². The van der Waals surface area contributed by atoms with E-state index in [9.17, 15) is 4.79 Å². The highest BCUT2D eigenvalue weighted by Crippen LogP contribution is 2.27. The highest BCUT2D eigenvalue weighted by molar-refractivity contribution is 5.98. The third-order valence-electron chi connectivity index (χ3n) is 3.36. The van der Waals surface area contributed by atoms with E-state index < -0.39 is 5.41 Å². The number of anilines is 2. The van der Waals surface area contributed by atoms with Crippen LogP contribution < -0.4 is 16.4 Å². The van der Waals surface area contributed by atoms with Crippen LogP contribution in [-0.4, -0.2) is 24.5 Å². The number of pyridine rings is 1. The van der Waals surface area contributed by atoms with E-state index in [1.165, 1.54) is 0 Å². The number of hydrogen-bond acceptors (Lipinski definition) is 4. The summed E-state index contributed by atoms with van der Waals surface area (Å²) in [5.41, 5.74) is 7.78. The number of benzene rings is 1. The summed E-state index contributed by atoms with van der Waals surface area (Å²) in [5, 5.41) is 6.95. The molecule has 0 aliphatic carbocycles. The fourth-order valence-electron chi connectivity index (χ4n) is 2.08. The van der Waals surface area contributed by atoms with Gasteiger partial charge in [0.15, 0.2) is 0 Å². The molecular weight excluding hydrogens is 252 g/mol. The molecule has 0 saturated heterocycles. The molecule has 5 nitrogen and oxygen atoms in total. The average molecular weight is 272 g/mol. The molecule has 0 aliphatic rings. The first-order chi connectivity index (χ1) is 9.45. The van der Waals surface area contributed by atoms with Crippen molar-refractivity contribution in [3.05, 3.63) is 30.5 Å². The van der Waals surface area contributed by atoms with Gasteiger partial charge in [-0.3, -0.25) is 9.78 Å². The van der Waals surface area contributed by atoms with Crippen molar-refractivity contribution in [1.82, 2.24) is 10.3 Å². The summed E-state index contributed by atoms with van der Waals surface area (Å²) in [4.78, 5) is 16.1. The molecule has 106 valence electrons. The molecule has 5 heteroatoms. The van der Waals surface area contributed by atoms with E-state index in [4.69, 9.17) is 5.73 Å². The van der Waals surface area contributed by atoms with Crippen LogP contribution in [0.2, 0.25) is 0 Å². The summed E-state index contributed by atoms with van der Waals surface area (Å²) in [6, 6.07) is 7.58. The van der Waals surface area contributed by atoms with Crippen molar-refractivity contribution in [2.24, 2.45) is 5.41 Å². The van der Waals surface area contributed by atoms with Crippen LogP contribution in [0.15, 0.2) is 30.5 Å². The van der Waals surface area contributed by atoms with E-state index in [1.807, 2.05) is 38.1 Å². The molecular formula is C15H20N4O. The Morgan fingerprint density at radius 1 is 1.35 bits per heavy atom. The van der Waals surface area contributed by atoms with Crippen molar-refractivity contribution in [2.75, 3.05) is 24.6 Å². The standard InChI is InChI=1S/C15H20N4O/c1-15(2,14(20)17-3)9-19-12-7-6-11(16)13-10(12)5-4-8-18-13/h4-8,19H,9,16H2,1-3H3,(H,17,20). The average Bonchev–Trinajstić information content (AvgIpc) is 2.46. The Bertz CT molecular complexity index is 637. The van der Waals surface area contributed by atoms with Crippen molar-refractivity contribution >= 4 is 28.2 Å². The van der Waals surface area contributed by atoms with Gasteiger partial charge in [-0.05, 0) is 38.1 Å². The Morgan fingerprint density at radius 2 is 2.10 bits per heavy atom. The summed E-state index contributed by atoms with van der Waals surface area (Å²) in [6.45, 7) is 4.33. The number of nitrogen functional groups attached to an aromatic ring is 1. The number of carbonyl (C=O) groups is 1. The molecule has 1 aromatic carbocycles. The van der Waals surface area contributed by atoms with Crippen molar-refractivity contribution in [1.29, 1.82) is 0 Å². The van der Waals surface area contributed by atoms with E-state index >= 15 is 0 Å². The van der Waals surface area contributed by atoms with Gasteiger partial charge in [-0.1, -0.05) is 0 Å². The molecule has 0 spiro atoms. The molecule has 1 heterocycles. The number of amides is 1. The van der Waals surface area contributed by atoms with Crippen molar-refractivity contribution in [3.63, 3.8) is 0 Å². The van der Waals surface area contributed by atoms with E-state index in [0.717, 1.165) is 16.6 Å². The van der Waals surface area contributed by atoms with Crippen LogP contribution in [0.25, 0.3) is 10.9 Å². The summed E-state index contributed by atoms with van der Waals surface area (Å²) in [6.07, 6.45) is 1.72. The SMILES string of the molecule is CNC(=O)C(C)(C)CNc1ccc(N)c2ncccc12. The van der Waals surface area contributed by atoms with Gasteiger partial charge in [0, 0.05) is 30.9 Å². The Balaban J connectivity index is 2.27. The third kappa shape index (κ3) is 2.66. The first-order valence-corrected chi connectivity index (χ1v) is 6.55. The summed E-state index contributed by atoms with van der Waals surface area (Å²) < 4.78 is 0. The summed E-state index contributed by atoms with van der Waals surface area (Å²) in [5.74, 6) is 0.00266. The Labute approximate surface area is 118 Å². The molecule has 20 heavy (non-hydrogen) atoms. The van der Waals surface area contributed by atoms with E-state index in [-0.39, 0.29) is 5.91 Å². The smallest absolute Gasteiger partial charge is 0.227 e. The third-order valence-corrected chi connectivity index (χ3v) is 3.36. The zero-order chi connectivity index (χ0) is 14.8. The minimum absolute atomic E-state index is 0.00266. The molecule has 2 rings (SSSR count). The Kier molecular flexibility index (Phi) is 3.79. The van der Waals surface area contributed by atoms with Crippen molar-refractivity contribution in [2.45, 2.75) is 13.8 Å². The van der Waals surface area contributed by atoms with Crippen LogP contribution in [0.5, 0.6) is 0 Å². The topological polar surface area (TPSA) is 80.0 Å². The summed E-state index contributed by atoms with van der Waals surface area (Å²) in [7, 11) is 1.65. The molecule has 0 aliphatic heterocycles. The minimum Gasteiger partial charge on any atom is -0.397 e. The molecule has 0 fully saturated rings. The van der Waals surface area contributed by atoms with Gasteiger partial charge in [0.1, 0.15) is 0 Å². The number of hydrogen-bond donors (Lipinski definition) is 3. The number of nitrogens with two attached hydrogens (primary N) is 1. The molecule has 4 N–H and O–H groups in total. The Morgan fingerprint density at radius 3 is 2.80 bits per heavy atom. The van der Waals surface area contributed by atoms with Crippen molar-refractivity contribution < 1.29 is 4.79 Å². The largest absolute Gasteiger partial charge is 0.397 e. The molecule has 1 aromatic heterocycles. The lowest BCUT2D eigenvalue weighted by molar-refractivity contribution is -0.128. The van der Waals surface area contributed by atoms with E-state index in [2.05, 4.69) is 15.6 Å². The Hall–Kier alpha value is -2.30. The highest BCUT2D eigenvalue weighted by atomic mass is 16.2. The van der Waals surface area contributed by atoms with Gasteiger partial charge in [-0.2, -0.15) is 0 Å². The second-order valence-electron chi connectivity index (χ2n) is 5.42. The molecule has 0 atom stereocenters. The first kappa shape index (κ1) is 14.1. The van der Waals surface area contributed by atoms with Crippen LogP contribution in [0.4, 0.5) is 11.4 Å². The van der Waals surface area contributed by atoms with Gasteiger partial charge in [0.25, 0.3) is 0 Å². The van der Waals surface area contributed by atoms with Gasteiger partial charge in [-0.15, -0.1) is 0 Å². The molecule has 2 aromatic rings. The predicted octanol–water partition coefficient (Wildman–Crippen LogP) is 2.00. The van der Waals surface area contributed by atoms with Gasteiger partial charge in [-0.25, -0.2) is 0 Å². The quantitative estimate of drug-likeness (QED) is 0.744. The lowest BCUT2D eigenvalue weighted by atomic mass is 9.92. The maximum atomic E-state index is 11.8. The molecule has 1 amide bonds. The van der Waals surface area contributed by atoms with Crippen LogP contribution in [0, 0.1) is 5.41 Å². The van der Waals surface area contributed by atoms with Crippen LogP contribution in [0.1, 0.15) is 13.8 Å². The van der Waals surface area contributed by atoms with Crippen LogP contribution in [-0.2, 0) is 4.79 Å². The van der Waals surface area contributed by atoms with E-state index in [0.29, 0.717) is 12.2 Å². The fourth-order valence-corrected chi connectivity index (χ4v) is 2.08. The monoisotopic (exact) mass is 272 g/mol. The first-order valence-electron chi connectivity index (χ1n) is 6.55. The molecule has 0 radical (unpaired) electrons. The predicted molar refractivity (Wildman–Crippen MR) is 82.5 cm³/mol. The lowest BCUT2D eigenvalue weighted by Gasteiger charge is -2.24. The number of nitrogens with zero attached hydrogens (tertiary/aromatic N) is 1. The summed E-state index contributed by atoms with van der Waals surface area (Å²) >= 11 is 0. The normalized spacial score (nSPS) is 11.3.